The van der Waals surface area contributed by atoms with E-state index in [4.69, 9.17) is 23.2 Å². The normalized spacial score (nSPS) is 13.6. The number of nitrogens with zero attached hydrogens (tertiary/aromatic N) is 1. The third-order valence-electron chi connectivity index (χ3n) is 5.34. The number of carbonyl (C=O) groups is 2. The molecule has 0 bridgehead atoms. The van der Waals surface area contributed by atoms with E-state index in [0.29, 0.717) is 23.6 Å². The third kappa shape index (κ3) is 4.43. The van der Waals surface area contributed by atoms with Crippen LogP contribution >= 0.6 is 23.2 Å². The van der Waals surface area contributed by atoms with Crippen molar-refractivity contribution < 1.29 is 14.0 Å². The maximum Gasteiger partial charge on any atom is 0.258 e. The van der Waals surface area contributed by atoms with Crippen molar-refractivity contribution in [2.45, 2.75) is 19.4 Å². The van der Waals surface area contributed by atoms with Gasteiger partial charge in [-0.2, -0.15) is 0 Å². The van der Waals surface area contributed by atoms with Crippen molar-refractivity contribution in [2.24, 2.45) is 0 Å². The summed E-state index contributed by atoms with van der Waals surface area (Å²) in [6.07, 6.45) is 0.710. The molecule has 158 valence electrons. The van der Waals surface area contributed by atoms with E-state index in [9.17, 15) is 14.0 Å². The number of hydrogen-bond donors (Lipinski definition) is 1. The molecule has 0 saturated heterocycles. The van der Waals surface area contributed by atoms with E-state index in [-0.39, 0.29) is 22.5 Å². The van der Waals surface area contributed by atoms with Crippen LogP contribution in [0.15, 0.2) is 60.7 Å². The summed E-state index contributed by atoms with van der Waals surface area (Å²) in [4.78, 5) is 27.1. The fourth-order valence-electron chi connectivity index (χ4n) is 3.71. The van der Waals surface area contributed by atoms with Gasteiger partial charge >= 0.3 is 0 Å². The highest BCUT2D eigenvalue weighted by molar-refractivity contribution is 6.31. The first kappa shape index (κ1) is 21.3. The number of benzene rings is 3. The van der Waals surface area contributed by atoms with E-state index in [1.54, 1.807) is 29.2 Å². The van der Waals surface area contributed by atoms with Crippen molar-refractivity contribution in [3.05, 3.63) is 98.8 Å². The number of rotatable bonds is 4. The van der Waals surface area contributed by atoms with Gasteiger partial charge in [0.25, 0.3) is 11.8 Å². The first-order valence-corrected chi connectivity index (χ1v) is 10.6. The van der Waals surface area contributed by atoms with Gasteiger partial charge in [-0.05, 0) is 66.9 Å². The van der Waals surface area contributed by atoms with Gasteiger partial charge < -0.3 is 10.2 Å². The molecular formula is C24H19Cl2FN2O2. The van der Waals surface area contributed by atoms with Crippen molar-refractivity contribution in [1.82, 2.24) is 5.32 Å². The van der Waals surface area contributed by atoms with Gasteiger partial charge in [-0.1, -0.05) is 41.4 Å². The Morgan fingerprint density at radius 2 is 1.81 bits per heavy atom. The average Bonchev–Trinajstić information content (AvgIpc) is 3.16. The van der Waals surface area contributed by atoms with Crippen LogP contribution in [0, 0.1) is 5.82 Å². The van der Waals surface area contributed by atoms with Gasteiger partial charge in [-0.3, -0.25) is 9.59 Å². The number of halogens is 3. The summed E-state index contributed by atoms with van der Waals surface area (Å²) >= 11 is 11.8. The molecule has 1 unspecified atom stereocenters. The summed E-state index contributed by atoms with van der Waals surface area (Å²) in [6, 6.07) is 16.2. The molecule has 0 aliphatic carbocycles. The summed E-state index contributed by atoms with van der Waals surface area (Å²) in [5.41, 5.74) is 3.21. The largest absolute Gasteiger partial charge is 0.345 e. The Hall–Kier alpha value is -2.89. The lowest BCUT2D eigenvalue weighted by Gasteiger charge is -2.19. The number of carbonyl (C=O) groups excluding carboxylic acids is 2. The molecule has 7 heteroatoms. The molecule has 1 N–H and O–H groups in total. The van der Waals surface area contributed by atoms with Gasteiger partial charge in [0.15, 0.2) is 0 Å². The van der Waals surface area contributed by atoms with Crippen molar-refractivity contribution in [3.8, 4) is 0 Å². The second-order valence-corrected chi connectivity index (χ2v) is 8.30. The number of nitrogens with one attached hydrogen (secondary N) is 1. The highest BCUT2D eigenvalue weighted by Gasteiger charge is 2.26. The van der Waals surface area contributed by atoms with Gasteiger partial charge in [-0.25, -0.2) is 4.39 Å². The maximum atomic E-state index is 14.0. The highest BCUT2D eigenvalue weighted by Crippen LogP contribution is 2.32. The van der Waals surface area contributed by atoms with Crippen molar-refractivity contribution in [1.29, 1.82) is 0 Å². The van der Waals surface area contributed by atoms with Crippen molar-refractivity contribution in [2.75, 3.05) is 11.4 Å². The second-order valence-electron chi connectivity index (χ2n) is 7.42. The molecule has 3 aromatic carbocycles. The van der Waals surface area contributed by atoms with Crippen molar-refractivity contribution >= 4 is 40.7 Å². The molecule has 0 spiro atoms. The van der Waals surface area contributed by atoms with Crippen molar-refractivity contribution in [3.63, 3.8) is 0 Å². The van der Waals surface area contributed by atoms with Crippen LogP contribution in [0.4, 0.5) is 10.1 Å². The fourth-order valence-corrected chi connectivity index (χ4v) is 4.06. The Morgan fingerprint density at radius 3 is 2.55 bits per heavy atom. The van der Waals surface area contributed by atoms with Gasteiger partial charge in [0.1, 0.15) is 5.82 Å². The van der Waals surface area contributed by atoms with E-state index in [2.05, 4.69) is 5.32 Å². The quantitative estimate of drug-likeness (QED) is 0.536. The molecular weight excluding hydrogens is 438 g/mol. The Balaban J connectivity index is 1.51. The molecule has 1 heterocycles. The molecule has 0 fully saturated rings. The lowest BCUT2D eigenvalue weighted by Crippen LogP contribution is -2.29. The summed E-state index contributed by atoms with van der Waals surface area (Å²) in [5, 5.41) is 3.56. The van der Waals surface area contributed by atoms with E-state index in [0.717, 1.165) is 22.9 Å². The van der Waals surface area contributed by atoms with Crippen LogP contribution in [0.5, 0.6) is 0 Å². The Labute approximate surface area is 189 Å². The molecule has 2 amide bonds. The van der Waals surface area contributed by atoms with Gasteiger partial charge in [0, 0.05) is 27.8 Å². The zero-order valence-electron chi connectivity index (χ0n) is 16.7. The highest BCUT2D eigenvalue weighted by atomic mass is 35.5. The lowest BCUT2D eigenvalue weighted by atomic mass is 10.0. The topological polar surface area (TPSA) is 49.4 Å². The molecule has 1 aliphatic heterocycles. The lowest BCUT2D eigenvalue weighted by molar-refractivity contribution is 0.0934. The minimum Gasteiger partial charge on any atom is -0.345 e. The Kier molecular flexibility index (Phi) is 5.99. The molecule has 4 rings (SSSR count). The SMILES string of the molecule is CC(NC(=O)c1ccc(Cl)cc1F)c1ccc2c(c1)CCN2C(=O)c1cccc(Cl)c1. The van der Waals surface area contributed by atoms with Crippen LogP contribution in [0.1, 0.15) is 44.8 Å². The number of fused-ring (bicyclic) bond motifs is 1. The summed E-state index contributed by atoms with van der Waals surface area (Å²) < 4.78 is 14.0. The number of amides is 2. The van der Waals surface area contributed by atoms with E-state index < -0.39 is 11.7 Å². The van der Waals surface area contributed by atoms with Gasteiger partial charge in [0.05, 0.1) is 11.6 Å². The van der Waals surface area contributed by atoms with Crippen LogP contribution in [-0.4, -0.2) is 18.4 Å². The summed E-state index contributed by atoms with van der Waals surface area (Å²) in [7, 11) is 0. The molecule has 4 nitrogen and oxygen atoms in total. The molecule has 0 radical (unpaired) electrons. The minimum atomic E-state index is -0.665. The molecule has 0 aromatic heterocycles. The predicted molar refractivity (Wildman–Crippen MR) is 121 cm³/mol. The molecule has 31 heavy (non-hydrogen) atoms. The fraction of sp³-hybridized carbons (Fsp3) is 0.167. The van der Waals surface area contributed by atoms with E-state index in [1.165, 1.54) is 12.1 Å². The first-order chi connectivity index (χ1) is 14.8. The van der Waals surface area contributed by atoms with Crippen LogP contribution in [-0.2, 0) is 6.42 Å². The van der Waals surface area contributed by atoms with Gasteiger partial charge in [0.2, 0.25) is 0 Å². The smallest absolute Gasteiger partial charge is 0.258 e. The minimum absolute atomic E-state index is 0.0595. The van der Waals surface area contributed by atoms with Crippen LogP contribution in [0.2, 0.25) is 10.0 Å². The average molecular weight is 457 g/mol. The Bertz CT molecular complexity index is 1180. The monoisotopic (exact) mass is 456 g/mol. The van der Waals surface area contributed by atoms with Crippen LogP contribution < -0.4 is 10.2 Å². The second kappa shape index (κ2) is 8.69. The maximum absolute atomic E-state index is 14.0. The van der Waals surface area contributed by atoms with Crippen LogP contribution in [0.25, 0.3) is 0 Å². The number of anilines is 1. The molecule has 1 aliphatic rings. The Morgan fingerprint density at radius 1 is 1.03 bits per heavy atom. The zero-order chi connectivity index (χ0) is 22.1. The van der Waals surface area contributed by atoms with Crippen LogP contribution in [0.3, 0.4) is 0 Å². The zero-order valence-corrected chi connectivity index (χ0v) is 18.2. The first-order valence-electron chi connectivity index (χ1n) is 9.79. The predicted octanol–water partition coefficient (Wildman–Crippen LogP) is 5.83. The standard InChI is InChI=1S/C24H19Cl2FN2O2/c1-14(28-23(30)20-7-6-19(26)13-21(20)27)15-5-8-22-16(11-15)9-10-29(22)24(31)17-3-2-4-18(25)12-17/h2-8,11-14H,9-10H2,1H3,(H,28,30). The summed E-state index contributed by atoms with van der Waals surface area (Å²) in [6.45, 7) is 2.40. The van der Waals surface area contributed by atoms with E-state index >= 15 is 0 Å². The molecule has 1 atom stereocenters. The van der Waals surface area contributed by atoms with E-state index in [1.807, 2.05) is 25.1 Å². The number of hydrogen-bond acceptors (Lipinski definition) is 2. The van der Waals surface area contributed by atoms with Gasteiger partial charge in [-0.15, -0.1) is 0 Å². The molecule has 0 saturated carbocycles. The molecule has 3 aromatic rings. The third-order valence-corrected chi connectivity index (χ3v) is 5.81. The summed E-state index contributed by atoms with van der Waals surface area (Å²) in [5.74, 6) is -1.28.